The fourth-order valence-corrected chi connectivity index (χ4v) is 4.61. The van der Waals surface area contributed by atoms with E-state index in [0.29, 0.717) is 16.9 Å². The summed E-state index contributed by atoms with van der Waals surface area (Å²) in [7, 11) is 0. The molecule has 0 aliphatic heterocycles. The highest BCUT2D eigenvalue weighted by molar-refractivity contribution is 7.15. The molecule has 0 aliphatic rings. The van der Waals surface area contributed by atoms with Crippen LogP contribution in [0.5, 0.6) is 0 Å². The van der Waals surface area contributed by atoms with Crippen molar-refractivity contribution in [2.24, 2.45) is 0 Å². The number of aromatic carboxylic acids is 1. The van der Waals surface area contributed by atoms with Gasteiger partial charge in [-0.3, -0.25) is 0 Å². The molecule has 0 saturated heterocycles. The standard InChI is InChI=1S/C20H23N3O2S2/c1-11(2)15-16(20(3,4)5)22-19(27-15)23-17-13(18(24)25)9-12(10-21-17)14-7-6-8-26-14/h6-11H,1-5H3,(H,24,25)(H,21,22,23). The number of anilines is 2. The van der Waals surface area contributed by atoms with Gasteiger partial charge >= 0.3 is 5.97 Å². The third-order valence-corrected chi connectivity index (χ3v) is 6.23. The predicted octanol–water partition coefficient (Wildman–Crippen LogP) is 6.13. The second-order valence-corrected chi connectivity index (χ2v) is 9.64. The normalized spacial score (nSPS) is 11.8. The molecule has 7 heteroatoms. The molecule has 0 atom stereocenters. The van der Waals surface area contributed by atoms with E-state index in [2.05, 4.69) is 44.9 Å². The van der Waals surface area contributed by atoms with Crippen molar-refractivity contribution in [1.29, 1.82) is 0 Å². The van der Waals surface area contributed by atoms with Crippen LogP contribution in [0, 0.1) is 0 Å². The number of thiazole rings is 1. The smallest absolute Gasteiger partial charge is 0.339 e. The molecule has 0 fully saturated rings. The molecule has 0 radical (unpaired) electrons. The molecule has 3 aromatic rings. The quantitative estimate of drug-likeness (QED) is 0.538. The van der Waals surface area contributed by atoms with E-state index in [0.717, 1.165) is 16.1 Å². The van der Waals surface area contributed by atoms with Crippen molar-refractivity contribution in [3.8, 4) is 10.4 Å². The number of hydrogen-bond donors (Lipinski definition) is 2. The van der Waals surface area contributed by atoms with Crippen LogP contribution < -0.4 is 5.32 Å². The molecule has 0 unspecified atom stereocenters. The number of nitrogens with one attached hydrogen (secondary N) is 1. The molecule has 27 heavy (non-hydrogen) atoms. The summed E-state index contributed by atoms with van der Waals surface area (Å²) in [5.41, 5.74) is 1.89. The minimum atomic E-state index is -1.01. The van der Waals surface area contributed by atoms with E-state index in [9.17, 15) is 9.90 Å². The first-order valence-electron chi connectivity index (χ1n) is 8.72. The molecular weight excluding hydrogens is 378 g/mol. The Balaban J connectivity index is 1.99. The summed E-state index contributed by atoms with van der Waals surface area (Å²) < 4.78 is 0. The second-order valence-electron chi connectivity index (χ2n) is 7.66. The highest BCUT2D eigenvalue weighted by Crippen LogP contribution is 2.38. The van der Waals surface area contributed by atoms with Crippen molar-refractivity contribution in [2.75, 3.05) is 5.32 Å². The minimum absolute atomic E-state index is 0.0812. The van der Waals surface area contributed by atoms with Crippen LogP contribution in [0.15, 0.2) is 29.8 Å². The summed E-state index contributed by atoms with van der Waals surface area (Å²) in [5, 5.41) is 15.4. The average molecular weight is 402 g/mol. The van der Waals surface area contributed by atoms with Gasteiger partial charge in [0.15, 0.2) is 5.13 Å². The van der Waals surface area contributed by atoms with Gasteiger partial charge in [-0.2, -0.15) is 0 Å². The van der Waals surface area contributed by atoms with Gasteiger partial charge in [0.1, 0.15) is 11.4 Å². The average Bonchev–Trinajstić information content (AvgIpc) is 3.24. The summed E-state index contributed by atoms with van der Waals surface area (Å²) in [6.45, 7) is 10.7. The van der Waals surface area contributed by atoms with Crippen molar-refractivity contribution in [1.82, 2.24) is 9.97 Å². The maximum atomic E-state index is 11.8. The lowest BCUT2D eigenvalue weighted by Gasteiger charge is -2.18. The van der Waals surface area contributed by atoms with Crippen molar-refractivity contribution in [3.63, 3.8) is 0 Å². The van der Waals surface area contributed by atoms with Crippen LogP contribution in [0.4, 0.5) is 10.9 Å². The largest absolute Gasteiger partial charge is 0.478 e. The fourth-order valence-electron chi connectivity index (χ4n) is 2.72. The molecule has 0 saturated carbocycles. The zero-order valence-corrected chi connectivity index (χ0v) is 17.7. The van der Waals surface area contributed by atoms with E-state index >= 15 is 0 Å². The summed E-state index contributed by atoms with van der Waals surface area (Å²) >= 11 is 3.11. The Morgan fingerprint density at radius 1 is 1.30 bits per heavy atom. The predicted molar refractivity (Wildman–Crippen MR) is 113 cm³/mol. The highest BCUT2D eigenvalue weighted by Gasteiger charge is 2.25. The molecule has 3 heterocycles. The van der Waals surface area contributed by atoms with Gasteiger partial charge in [-0.1, -0.05) is 40.7 Å². The van der Waals surface area contributed by atoms with Gasteiger partial charge in [0.05, 0.1) is 5.69 Å². The topological polar surface area (TPSA) is 75.1 Å². The highest BCUT2D eigenvalue weighted by atomic mass is 32.1. The zero-order valence-electron chi connectivity index (χ0n) is 16.0. The first kappa shape index (κ1) is 19.5. The Bertz CT molecular complexity index is 954. The molecular formula is C20H23N3O2S2. The van der Waals surface area contributed by atoms with Crippen molar-refractivity contribution in [3.05, 3.63) is 45.9 Å². The number of rotatable bonds is 5. The lowest BCUT2D eigenvalue weighted by Crippen LogP contribution is -2.14. The van der Waals surface area contributed by atoms with Crippen LogP contribution in [0.1, 0.15) is 61.5 Å². The lowest BCUT2D eigenvalue weighted by molar-refractivity contribution is 0.0697. The van der Waals surface area contributed by atoms with Crippen molar-refractivity contribution < 1.29 is 9.90 Å². The summed E-state index contributed by atoms with van der Waals surface area (Å²) in [6, 6.07) is 5.54. The summed E-state index contributed by atoms with van der Waals surface area (Å²) in [5.74, 6) is -0.354. The van der Waals surface area contributed by atoms with Crippen LogP contribution in [-0.2, 0) is 5.41 Å². The van der Waals surface area contributed by atoms with E-state index in [1.807, 2.05) is 17.5 Å². The number of nitrogens with zero attached hydrogens (tertiary/aromatic N) is 2. The van der Waals surface area contributed by atoms with E-state index in [1.54, 1.807) is 34.9 Å². The van der Waals surface area contributed by atoms with Crippen LogP contribution in [0.3, 0.4) is 0 Å². The number of carbonyl (C=O) groups is 1. The number of aromatic nitrogens is 2. The van der Waals surface area contributed by atoms with E-state index in [4.69, 9.17) is 4.98 Å². The van der Waals surface area contributed by atoms with Crippen LogP contribution >= 0.6 is 22.7 Å². The monoisotopic (exact) mass is 401 g/mol. The third-order valence-electron chi connectivity index (χ3n) is 4.04. The molecule has 3 aromatic heterocycles. The Labute approximate surface area is 167 Å². The summed E-state index contributed by atoms with van der Waals surface area (Å²) in [6.07, 6.45) is 1.70. The van der Waals surface area contributed by atoms with E-state index in [-0.39, 0.29) is 11.0 Å². The molecule has 0 bridgehead atoms. The first-order chi connectivity index (χ1) is 12.7. The third kappa shape index (κ3) is 4.20. The van der Waals surface area contributed by atoms with Crippen LogP contribution in [-0.4, -0.2) is 21.0 Å². The van der Waals surface area contributed by atoms with Gasteiger partial charge in [0, 0.05) is 26.9 Å². The Morgan fingerprint density at radius 2 is 2.04 bits per heavy atom. The molecule has 3 rings (SSSR count). The molecule has 5 nitrogen and oxygen atoms in total. The maximum Gasteiger partial charge on any atom is 0.339 e. The SMILES string of the molecule is CC(C)c1sc(Nc2ncc(-c3cccs3)cc2C(=O)O)nc1C(C)(C)C. The van der Waals surface area contributed by atoms with E-state index < -0.39 is 5.97 Å². The lowest BCUT2D eigenvalue weighted by atomic mass is 9.89. The molecule has 0 aliphatic carbocycles. The Kier molecular flexibility index (Phi) is 5.35. The van der Waals surface area contributed by atoms with Crippen LogP contribution in [0.2, 0.25) is 0 Å². The zero-order chi connectivity index (χ0) is 19.8. The van der Waals surface area contributed by atoms with Gasteiger partial charge < -0.3 is 10.4 Å². The Morgan fingerprint density at radius 3 is 2.56 bits per heavy atom. The summed E-state index contributed by atoms with van der Waals surface area (Å²) in [4.78, 5) is 23.1. The van der Waals surface area contributed by atoms with Gasteiger partial charge in [0.25, 0.3) is 0 Å². The molecule has 0 amide bonds. The number of carboxylic acid groups (broad SMARTS) is 1. The molecule has 2 N–H and O–H groups in total. The first-order valence-corrected chi connectivity index (χ1v) is 10.4. The number of thiophene rings is 1. The molecule has 0 spiro atoms. The van der Waals surface area contributed by atoms with Gasteiger partial charge in [-0.15, -0.1) is 22.7 Å². The molecule has 142 valence electrons. The Hall–Kier alpha value is -2.25. The van der Waals surface area contributed by atoms with Crippen molar-refractivity contribution >= 4 is 39.6 Å². The van der Waals surface area contributed by atoms with Crippen LogP contribution in [0.25, 0.3) is 10.4 Å². The minimum Gasteiger partial charge on any atom is -0.478 e. The number of pyridine rings is 1. The van der Waals surface area contributed by atoms with Gasteiger partial charge in [0.2, 0.25) is 0 Å². The molecule has 0 aromatic carbocycles. The number of hydrogen-bond acceptors (Lipinski definition) is 6. The second kappa shape index (κ2) is 7.40. The van der Waals surface area contributed by atoms with Crippen molar-refractivity contribution in [2.45, 2.75) is 46.0 Å². The fraction of sp³-hybridized carbons (Fsp3) is 0.350. The van der Waals surface area contributed by atoms with Gasteiger partial charge in [-0.05, 0) is 23.4 Å². The van der Waals surface area contributed by atoms with E-state index in [1.165, 1.54) is 4.88 Å². The maximum absolute atomic E-state index is 11.8. The number of carboxylic acids is 1. The van der Waals surface area contributed by atoms with Gasteiger partial charge in [-0.25, -0.2) is 14.8 Å².